The van der Waals surface area contributed by atoms with Crippen molar-refractivity contribution in [1.82, 2.24) is 10.0 Å². The SMILES string of the molecule is O=C(O)CCCNC(=O)CCNS(=O)(=O)c1ccc2c(c1)CCCC2. The highest BCUT2D eigenvalue weighted by Crippen LogP contribution is 2.23. The number of hydrogen-bond donors (Lipinski definition) is 3. The Kier molecular flexibility index (Phi) is 6.95. The second kappa shape index (κ2) is 8.96. The third kappa shape index (κ3) is 6.13. The zero-order chi connectivity index (χ0) is 18.3. The van der Waals surface area contributed by atoms with Crippen molar-refractivity contribution < 1.29 is 23.1 Å². The van der Waals surface area contributed by atoms with Crippen LogP contribution in [-0.4, -0.2) is 38.5 Å². The van der Waals surface area contributed by atoms with Crippen LogP contribution < -0.4 is 10.0 Å². The number of amides is 1. The molecule has 0 unspecified atom stereocenters. The van der Waals surface area contributed by atoms with Crippen molar-refractivity contribution in [2.75, 3.05) is 13.1 Å². The summed E-state index contributed by atoms with van der Waals surface area (Å²) in [6, 6.07) is 5.21. The summed E-state index contributed by atoms with van der Waals surface area (Å²) in [5, 5.41) is 11.1. The van der Waals surface area contributed by atoms with Gasteiger partial charge in [-0.05, 0) is 55.4 Å². The number of aliphatic carboxylic acids is 1. The molecule has 0 aliphatic heterocycles. The predicted octanol–water partition coefficient (Wildman–Crippen LogP) is 1.21. The molecule has 0 heterocycles. The van der Waals surface area contributed by atoms with Crippen LogP contribution in [0.4, 0.5) is 0 Å². The van der Waals surface area contributed by atoms with Crippen LogP contribution in [0.5, 0.6) is 0 Å². The Balaban J connectivity index is 1.79. The Hall–Kier alpha value is -1.93. The van der Waals surface area contributed by atoms with E-state index in [0.717, 1.165) is 31.2 Å². The van der Waals surface area contributed by atoms with Gasteiger partial charge in [0.2, 0.25) is 15.9 Å². The molecule has 3 N–H and O–H groups in total. The molecule has 1 aromatic carbocycles. The van der Waals surface area contributed by atoms with Gasteiger partial charge < -0.3 is 10.4 Å². The van der Waals surface area contributed by atoms with Crippen LogP contribution in [0.1, 0.15) is 43.2 Å². The molecule has 8 heteroatoms. The van der Waals surface area contributed by atoms with Crippen molar-refractivity contribution in [2.45, 2.75) is 49.8 Å². The van der Waals surface area contributed by atoms with Crippen molar-refractivity contribution in [3.63, 3.8) is 0 Å². The largest absolute Gasteiger partial charge is 0.481 e. The van der Waals surface area contributed by atoms with Gasteiger partial charge in [-0.15, -0.1) is 0 Å². The molecule has 7 nitrogen and oxygen atoms in total. The second-order valence-corrected chi connectivity index (χ2v) is 7.90. The van der Waals surface area contributed by atoms with Gasteiger partial charge in [-0.25, -0.2) is 13.1 Å². The van der Waals surface area contributed by atoms with Gasteiger partial charge >= 0.3 is 5.97 Å². The van der Waals surface area contributed by atoms with Crippen molar-refractivity contribution in [2.24, 2.45) is 0 Å². The minimum Gasteiger partial charge on any atom is -0.481 e. The molecule has 0 saturated heterocycles. The maximum atomic E-state index is 12.3. The topological polar surface area (TPSA) is 113 Å². The molecule has 0 radical (unpaired) electrons. The number of carbonyl (C=O) groups is 2. The summed E-state index contributed by atoms with van der Waals surface area (Å²) in [6.45, 7) is 0.271. The van der Waals surface area contributed by atoms with E-state index in [1.165, 1.54) is 5.56 Å². The normalized spacial score (nSPS) is 13.9. The summed E-state index contributed by atoms with van der Waals surface area (Å²) in [7, 11) is -3.63. The summed E-state index contributed by atoms with van der Waals surface area (Å²) < 4.78 is 27.1. The van der Waals surface area contributed by atoms with Gasteiger partial charge in [-0.1, -0.05) is 6.07 Å². The van der Waals surface area contributed by atoms with Crippen molar-refractivity contribution in [3.8, 4) is 0 Å². The lowest BCUT2D eigenvalue weighted by Crippen LogP contribution is -2.31. The van der Waals surface area contributed by atoms with Crippen molar-refractivity contribution in [1.29, 1.82) is 0 Å². The van der Waals surface area contributed by atoms with Crippen LogP contribution in [0.15, 0.2) is 23.1 Å². The molecule has 0 atom stereocenters. The molecule has 1 aromatic rings. The Morgan fingerprint density at radius 1 is 1.04 bits per heavy atom. The monoisotopic (exact) mass is 368 g/mol. The fraction of sp³-hybridized carbons (Fsp3) is 0.529. The molecule has 1 aliphatic carbocycles. The minimum atomic E-state index is -3.63. The van der Waals surface area contributed by atoms with Gasteiger partial charge in [-0.3, -0.25) is 9.59 Å². The van der Waals surface area contributed by atoms with Crippen LogP contribution in [0.25, 0.3) is 0 Å². The molecule has 0 fully saturated rings. The van der Waals surface area contributed by atoms with Gasteiger partial charge in [0, 0.05) is 25.9 Å². The molecular weight excluding hydrogens is 344 g/mol. The van der Waals surface area contributed by atoms with Crippen LogP contribution in [0, 0.1) is 0 Å². The third-order valence-electron chi connectivity index (χ3n) is 4.16. The Morgan fingerprint density at radius 3 is 2.48 bits per heavy atom. The first-order chi connectivity index (χ1) is 11.9. The molecular formula is C17H24N2O5S. The lowest BCUT2D eigenvalue weighted by atomic mass is 9.92. The molecule has 0 aromatic heterocycles. The predicted molar refractivity (Wildman–Crippen MR) is 92.8 cm³/mol. The number of carbonyl (C=O) groups excluding carboxylic acids is 1. The zero-order valence-corrected chi connectivity index (χ0v) is 14.9. The lowest BCUT2D eigenvalue weighted by Gasteiger charge is -2.16. The Bertz CT molecular complexity index is 731. The molecule has 25 heavy (non-hydrogen) atoms. The number of sulfonamides is 1. The van der Waals surface area contributed by atoms with E-state index in [0.29, 0.717) is 6.42 Å². The number of fused-ring (bicyclic) bond motifs is 1. The van der Waals surface area contributed by atoms with Crippen molar-refractivity contribution >= 4 is 21.9 Å². The van der Waals surface area contributed by atoms with Crippen molar-refractivity contribution in [3.05, 3.63) is 29.3 Å². The first kappa shape index (κ1) is 19.4. The second-order valence-electron chi connectivity index (χ2n) is 6.13. The number of benzene rings is 1. The Morgan fingerprint density at radius 2 is 1.76 bits per heavy atom. The fourth-order valence-electron chi connectivity index (χ4n) is 2.82. The quantitative estimate of drug-likeness (QED) is 0.567. The van der Waals surface area contributed by atoms with Crippen LogP contribution in [0.3, 0.4) is 0 Å². The molecule has 138 valence electrons. The average Bonchev–Trinajstić information content (AvgIpc) is 2.58. The maximum Gasteiger partial charge on any atom is 0.303 e. The van der Waals surface area contributed by atoms with E-state index in [1.807, 2.05) is 6.07 Å². The number of aryl methyl sites for hydroxylation is 2. The smallest absolute Gasteiger partial charge is 0.303 e. The van der Waals surface area contributed by atoms with E-state index < -0.39 is 16.0 Å². The summed E-state index contributed by atoms with van der Waals surface area (Å²) in [5.74, 6) is -1.22. The molecule has 1 aliphatic rings. The minimum absolute atomic E-state index is 0.00415. The summed E-state index contributed by atoms with van der Waals surface area (Å²) in [6.07, 6.45) is 4.46. The number of hydrogen-bond acceptors (Lipinski definition) is 4. The highest BCUT2D eigenvalue weighted by atomic mass is 32.2. The molecule has 0 saturated carbocycles. The first-order valence-corrected chi connectivity index (χ1v) is 9.97. The maximum absolute atomic E-state index is 12.3. The summed E-state index contributed by atoms with van der Waals surface area (Å²) >= 11 is 0. The average molecular weight is 368 g/mol. The fourth-order valence-corrected chi connectivity index (χ4v) is 3.90. The number of carboxylic acids is 1. The van der Waals surface area contributed by atoms with E-state index in [1.54, 1.807) is 12.1 Å². The Labute approximate surface area is 147 Å². The van der Waals surface area contributed by atoms with Gasteiger partial charge in [0.25, 0.3) is 0 Å². The third-order valence-corrected chi connectivity index (χ3v) is 5.62. The van der Waals surface area contributed by atoms with E-state index in [9.17, 15) is 18.0 Å². The van der Waals surface area contributed by atoms with Gasteiger partial charge in [0.05, 0.1) is 4.90 Å². The number of carboxylic acid groups (broad SMARTS) is 1. The standard InChI is InChI=1S/C17H24N2O5S/c20-16(18-10-3-6-17(21)22)9-11-19-25(23,24)15-8-7-13-4-1-2-5-14(13)12-15/h7-8,12,19H,1-6,9-11H2,(H,18,20)(H,21,22). The highest BCUT2D eigenvalue weighted by Gasteiger charge is 2.17. The van der Waals surface area contributed by atoms with Crippen LogP contribution in [0.2, 0.25) is 0 Å². The van der Waals surface area contributed by atoms with Gasteiger partial charge in [0.1, 0.15) is 0 Å². The molecule has 0 spiro atoms. The van der Waals surface area contributed by atoms with E-state index >= 15 is 0 Å². The molecule has 2 rings (SSSR count). The van der Waals surface area contributed by atoms with Crippen LogP contribution >= 0.6 is 0 Å². The van der Waals surface area contributed by atoms with E-state index in [-0.39, 0.29) is 36.7 Å². The lowest BCUT2D eigenvalue weighted by molar-refractivity contribution is -0.137. The van der Waals surface area contributed by atoms with Crippen LogP contribution in [-0.2, 0) is 32.5 Å². The molecule has 0 bridgehead atoms. The zero-order valence-electron chi connectivity index (χ0n) is 14.1. The molecule has 1 amide bonds. The first-order valence-electron chi connectivity index (χ1n) is 8.48. The number of nitrogens with one attached hydrogen (secondary N) is 2. The van der Waals surface area contributed by atoms with E-state index in [2.05, 4.69) is 10.0 Å². The van der Waals surface area contributed by atoms with Gasteiger partial charge in [0.15, 0.2) is 0 Å². The van der Waals surface area contributed by atoms with Gasteiger partial charge in [-0.2, -0.15) is 0 Å². The highest BCUT2D eigenvalue weighted by molar-refractivity contribution is 7.89. The number of rotatable bonds is 9. The summed E-state index contributed by atoms with van der Waals surface area (Å²) in [5.41, 5.74) is 2.30. The summed E-state index contributed by atoms with van der Waals surface area (Å²) in [4.78, 5) is 22.2. The van der Waals surface area contributed by atoms with E-state index in [4.69, 9.17) is 5.11 Å².